The molecule has 5 heteroatoms. The first-order valence-electron chi connectivity index (χ1n) is 6.19. The molecule has 0 saturated heterocycles. The Morgan fingerprint density at radius 2 is 2.00 bits per heavy atom. The number of para-hydroxylation sites is 1. The highest BCUT2D eigenvalue weighted by Crippen LogP contribution is 2.26. The molecule has 0 N–H and O–H groups in total. The molecular formula is C16H13BrN2O2. The number of nitriles is 1. The third-order valence-electron chi connectivity index (χ3n) is 3.09. The zero-order valence-electron chi connectivity index (χ0n) is 11.6. The highest BCUT2D eigenvalue weighted by molar-refractivity contribution is 9.10. The number of benzene rings is 2. The van der Waals surface area contributed by atoms with Gasteiger partial charge in [-0.2, -0.15) is 5.26 Å². The van der Waals surface area contributed by atoms with Gasteiger partial charge >= 0.3 is 0 Å². The number of hydrogen-bond acceptors (Lipinski definition) is 3. The topological polar surface area (TPSA) is 53.3 Å². The summed E-state index contributed by atoms with van der Waals surface area (Å²) in [7, 11) is 3.19. The van der Waals surface area contributed by atoms with Crippen LogP contribution in [0.5, 0.6) is 5.75 Å². The van der Waals surface area contributed by atoms with E-state index in [0.717, 1.165) is 0 Å². The van der Waals surface area contributed by atoms with Crippen LogP contribution in [0.3, 0.4) is 0 Å². The Kier molecular flexibility index (Phi) is 4.61. The number of methoxy groups -OCH3 is 1. The maximum Gasteiger partial charge on any atom is 0.259 e. The summed E-state index contributed by atoms with van der Waals surface area (Å²) in [5, 5.41) is 9.14. The van der Waals surface area contributed by atoms with Crippen molar-refractivity contribution in [3.8, 4) is 11.8 Å². The van der Waals surface area contributed by atoms with E-state index in [2.05, 4.69) is 22.0 Å². The fraction of sp³-hybridized carbons (Fsp3) is 0.125. The van der Waals surface area contributed by atoms with Gasteiger partial charge in [0.05, 0.1) is 23.9 Å². The molecule has 0 aliphatic heterocycles. The van der Waals surface area contributed by atoms with Gasteiger partial charge in [0.25, 0.3) is 5.91 Å². The minimum absolute atomic E-state index is 0.219. The summed E-state index contributed by atoms with van der Waals surface area (Å²) in [5.74, 6) is 0.381. The van der Waals surface area contributed by atoms with Crippen LogP contribution in [0.2, 0.25) is 0 Å². The zero-order chi connectivity index (χ0) is 15.4. The standard InChI is InChI=1S/C16H13BrN2O2/c1-19(15-6-4-3-5-11(15)10-18)16(20)13-9-12(21-2)7-8-14(13)17/h3-9H,1-2H3. The number of halogens is 1. The summed E-state index contributed by atoms with van der Waals surface area (Å²) in [6.45, 7) is 0. The lowest BCUT2D eigenvalue weighted by molar-refractivity contribution is 0.0992. The molecule has 106 valence electrons. The number of ether oxygens (including phenoxy) is 1. The predicted molar refractivity (Wildman–Crippen MR) is 84.6 cm³/mol. The summed E-state index contributed by atoms with van der Waals surface area (Å²) in [6.07, 6.45) is 0. The molecule has 0 fully saturated rings. The average molecular weight is 345 g/mol. The van der Waals surface area contributed by atoms with Crippen molar-refractivity contribution >= 4 is 27.5 Å². The summed E-state index contributed by atoms with van der Waals surface area (Å²) < 4.78 is 5.82. The molecule has 0 aliphatic carbocycles. The van der Waals surface area contributed by atoms with Crippen molar-refractivity contribution in [2.75, 3.05) is 19.1 Å². The van der Waals surface area contributed by atoms with Crippen molar-refractivity contribution in [2.45, 2.75) is 0 Å². The molecule has 0 atom stereocenters. The molecule has 2 aromatic carbocycles. The average Bonchev–Trinajstić information content (AvgIpc) is 2.54. The smallest absolute Gasteiger partial charge is 0.259 e. The van der Waals surface area contributed by atoms with Gasteiger partial charge in [-0.25, -0.2) is 0 Å². The van der Waals surface area contributed by atoms with Crippen molar-refractivity contribution in [3.05, 3.63) is 58.1 Å². The minimum atomic E-state index is -0.219. The molecule has 21 heavy (non-hydrogen) atoms. The Bertz CT molecular complexity index is 722. The van der Waals surface area contributed by atoms with Crippen LogP contribution in [0.25, 0.3) is 0 Å². The summed E-state index contributed by atoms with van der Waals surface area (Å²) in [6, 6.07) is 14.3. The Morgan fingerprint density at radius 3 is 2.67 bits per heavy atom. The largest absolute Gasteiger partial charge is 0.497 e. The SMILES string of the molecule is COc1ccc(Br)c(C(=O)N(C)c2ccccc2C#N)c1. The van der Waals surface area contributed by atoms with Gasteiger partial charge in [-0.15, -0.1) is 0 Å². The normalized spacial score (nSPS) is 9.81. The van der Waals surface area contributed by atoms with E-state index in [1.165, 1.54) is 4.90 Å². The van der Waals surface area contributed by atoms with Crippen molar-refractivity contribution < 1.29 is 9.53 Å². The number of carbonyl (C=O) groups is 1. The molecule has 2 rings (SSSR count). The molecule has 1 amide bonds. The van der Waals surface area contributed by atoms with Crippen LogP contribution in [-0.2, 0) is 0 Å². The van der Waals surface area contributed by atoms with Gasteiger partial charge in [0, 0.05) is 11.5 Å². The lowest BCUT2D eigenvalue weighted by atomic mass is 10.1. The quantitative estimate of drug-likeness (QED) is 0.854. The van der Waals surface area contributed by atoms with E-state index in [-0.39, 0.29) is 5.91 Å². The lowest BCUT2D eigenvalue weighted by Gasteiger charge is -2.19. The van der Waals surface area contributed by atoms with Gasteiger partial charge < -0.3 is 9.64 Å². The van der Waals surface area contributed by atoms with E-state index in [1.54, 1.807) is 56.6 Å². The second kappa shape index (κ2) is 6.42. The number of nitrogens with zero attached hydrogens (tertiary/aromatic N) is 2. The molecule has 0 spiro atoms. The van der Waals surface area contributed by atoms with Gasteiger partial charge in [0.1, 0.15) is 11.8 Å². The van der Waals surface area contributed by atoms with Crippen molar-refractivity contribution in [2.24, 2.45) is 0 Å². The third-order valence-corrected chi connectivity index (χ3v) is 3.79. The summed E-state index contributed by atoms with van der Waals surface area (Å²) >= 11 is 3.37. The van der Waals surface area contributed by atoms with E-state index in [4.69, 9.17) is 10.00 Å². The first kappa shape index (κ1) is 15.1. The fourth-order valence-electron chi connectivity index (χ4n) is 1.95. The van der Waals surface area contributed by atoms with E-state index >= 15 is 0 Å². The van der Waals surface area contributed by atoms with Crippen molar-refractivity contribution in [1.29, 1.82) is 5.26 Å². The van der Waals surface area contributed by atoms with Crippen molar-refractivity contribution in [3.63, 3.8) is 0 Å². The number of anilines is 1. The van der Waals surface area contributed by atoms with Gasteiger partial charge in [-0.05, 0) is 46.3 Å². The van der Waals surface area contributed by atoms with Crippen LogP contribution in [-0.4, -0.2) is 20.1 Å². The Balaban J connectivity index is 2.42. The lowest BCUT2D eigenvalue weighted by Crippen LogP contribution is -2.27. The van der Waals surface area contributed by atoms with Crippen molar-refractivity contribution in [1.82, 2.24) is 0 Å². The van der Waals surface area contributed by atoms with Gasteiger partial charge in [0.15, 0.2) is 0 Å². The first-order chi connectivity index (χ1) is 10.1. The van der Waals surface area contributed by atoms with Gasteiger partial charge in [-0.1, -0.05) is 12.1 Å². The summed E-state index contributed by atoms with van der Waals surface area (Å²) in [4.78, 5) is 14.1. The van der Waals surface area contributed by atoms with E-state index in [9.17, 15) is 4.79 Å². The van der Waals surface area contributed by atoms with Gasteiger partial charge in [0.2, 0.25) is 0 Å². The maximum atomic E-state index is 12.6. The zero-order valence-corrected chi connectivity index (χ0v) is 13.2. The number of hydrogen-bond donors (Lipinski definition) is 0. The highest BCUT2D eigenvalue weighted by Gasteiger charge is 2.19. The van der Waals surface area contributed by atoms with Crippen LogP contribution < -0.4 is 9.64 Å². The molecule has 0 saturated carbocycles. The van der Waals surface area contributed by atoms with E-state index in [0.29, 0.717) is 27.0 Å². The monoisotopic (exact) mass is 344 g/mol. The van der Waals surface area contributed by atoms with Crippen LogP contribution in [0.1, 0.15) is 15.9 Å². The molecule has 0 heterocycles. The number of amides is 1. The Hall–Kier alpha value is -2.32. The molecule has 0 bridgehead atoms. The minimum Gasteiger partial charge on any atom is -0.497 e. The first-order valence-corrected chi connectivity index (χ1v) is 6.98. The molecule has 2 aromatic rings. The van der Waals surface area contributed by atoms with E-state index < -0.39 is 0 Å². The Morgan fingerprint density at radius 1 is 1.29 bits per heavy atom. The molecule has 0 aliphatic rings. The second-order valence-corrected chi connectivity index (χ2v) is 5.19. The van der Waals surface area contributed by atoms with Crippen LogP contribution in [0, 0.1) is 11.3 Å². The second-order valence-electron chi connectivity index (χ2n) is 4.34. The Labute approximate surface area is 131 Å². The molecule has 0 unspecified atom stereocenters. The third kappa shape index (κ3) is 3.06. The van der Waals surface area contributed by atoms with E-state index in [1.807, 2.05) is 0 Å². The predicted octanol–water partition coefficient (Wildman–Crippen LogP) is 3.61. The van der Waals surface area contributed by atoms with Crippen LogP contribution in [0.15, 0.2) is 46.9 Å². The number of carbonyl (C=O) groups excluding carboxylic acids is 1. The van der Waals surface area contributed by atoms with Gasteiger partial charge in [-0.3, -0.25) is 4.79 Å². The molecular weight excluding hydrogens is 332 g/mol. The maximum absolute atomic E-state index is 12.6. The molecule has 0 aromatic heterocycles. The van der Waals surface area contributed by atoms with Crippen LogP contribution in [0.4, 0.5) is 5.69 Å². The van der Waals surface area contributed by atoms with Crippen LogP contribution >= 0.6 is 15.9 Å². The fourth-order valence-corrected chi connectivity index (χ4v) is 2.36. The molecule has 4 nitrogen and oxygen atoms in total. The highest BCUT2D eigenvalue weighted by atomic mass is 79.9. The summed E-state index contributed by atoms with van der Waals surface area (Å²) in [5.41, 5.74) is 1.50. The molecule has 0 radical (unpaired) electrons. The number of rotatable bonds is 3.